The molecule has 1 aliphatic heterocycles. The number of hydrogen-bond donors (Lipinski definition) is 2. The van der Waals surface area contributed by atoms with Gasteiger partial charge in [-0.2, -0.15) is 9.97 Å². The quantitative estimate of drug-likeness (QED) is 0.422. The number of aromatic nitrogens is 5. The normalized spacial score (nSPS) is 14.5. The molecule has 3 aromatic rings. The van der Waals surface area contributed by atoms with E-state index in [4.69, 9.17) is 16.2 Å². The summed E-state index contributed by atoms with van der Waals surface area (Å²) in [5.41, 5.74) is 13.4. The maximum Gasteiger partial charge on any atom is 0.308 e. The second kappa shape index (κ2) is 9.30. The lowest BCUT2D eigenvalue weighted by atomic mass is 9.96. The molecule has 4 heterocycles. The number of pyridine rings is 1. The zero-order valence-electron chi connectivity index (χ0n) is 17.4. The molecule has 0 aromatic carbocycles. The number of carbonyl (C=O) groups is 2. The van der Waals surface area contributed by atoms with Gasteiger partial charge in [-0.15, -0.1) is 0 Å². The van der Waals surface area contributed by atoms with Crippen molar-refractivity contribution >= 4 is 46.6 Å². The van der Waals surface area contributed by atoms with Crippen LogP contribution in [-0.4, -0.2) is 61.9 Å². The van der Waals surface area contributed by atoms with E-state index in [0.29, 0.717) is 54.1 Å². The number of ether oxygens (including phenoxy) is 1. The average Bonchev–Trinajstić information content (AvgIpc) is 2.82. The minimum atomic E-state index is -0.212. The Morgan fingerprint density at radius 3 is 2.59 bits per heavy atom. The Bertz CT molecular complexity index is 1150. The standard InChI is InChI=1S/C20H22N8O3S/c1-31-19(30)11-4-6-28(7-5-11)18(29)12-2-3-14(23-8-12)32-10-13-9-24-17-15(25-13)16(21)26-20(22)27-17/h2-3,8-9,11H,4-7,10H2,1H3,(H4,21,22,24,26,27). The number of amides is 1. The Morgan fingerprint density at radius 2 is 1.91 bits per heavy atom. The van der Waals surface area contributed by atoms with Crippen LogP contribution in [0.15, 0.2) is 29.6 Å². The molecule has 4 N–H and O–H groups in total. The van der Waals surface area contributed by atoms with E-state index < -0.39 is 0 Å². The van der Waals surface area contributed by atoms with Gasteiger partial charge in [-0.1, -0.05) is 11.8 Å². The van der Waals surface area contributed by atoms with Crippen LogP contribution in [0.3, 0.4) is 0 Å². The summed E-state index contributed by atoms with van der Waals surface area (Å²) >= 11 is 1.46. The van der Waals surface area contributed by atoms with E-state index in [1.54, 1.807) is 29.4 Å². The predicted molar refractivity (Wildman–Crippen MR) is 118 cm³/mol. The van der Waals surface area contributed by atoms with Crippen LogP contribution < -0.4 is 11.5 Å². The Hall–Kier alpha value is -3.54. The third-order valence-corrected chi connectivity index (χ3v) is 6.15. The predicted octanol–water partition coefficient (Wildman–Crippen LogP) is 1.30. The molecule has 1 saturated heterocycles. The van der Waals surface area contributed by atoms with Gasteiger partial charge in [-0.3, -0.25) is 9.59 Å². The number of methoxy groups -OCH3 is 1. The van der Waals surface area contributed by atoms with Crippen molar-refractivity contribution in [3.05, 3.63) is 35.8 Å². The largest absolute Gasteiger partial charge is 0.469 e. The van der Waals surface area contributed by atoms with Crippen molar-refractivity contribution in [2.75, 3.05) is 31.7 Å². The Morgan fingerprint density at radius 1 is 1.12 bits per heavy atom. The molecule has 0 spiro atoms. The summed E-state index contributed by atoms with van der Waals surface area (Å²) in [5.74, 6) is 0.303. The number of thioether (sulfide) groups is 1. The number of nitrogens with two attached hydrogens (primary N) is 2. The highest BCUT2D eigenvalue weighted by molar-refractivity contribution is 7.98. The molecule has 0 bridgehead atoms. The lowest BCUT2D eigenvalue weighted by Gasteiger charge is -2.30. The summed E-state index contributed by atoms with van der Waals surface area (Å²) in [6.07, 6.45) is 4.39. The Balaban J connectivity index is 1.35. The highest BCUT2D eigenvalue weighted by atomic mass is 32.2. The highest BCUT2D eigenvalue weighted by Crippen LogP contribution is 2.23. The maximum absolute atomic E-state index is 12.7. The van der Waals surface area contributed by atoms with E-state index in [1.807, 2.05) is 0 Å². The first-order valence-electron chi connectivity index (χ1n) is 9.95. The lowest BCUT2D eigenvalue weighted by Crippen LogP contribution is -2.40. The van der Waals surface area contributed by atoms with Crippen LogP contribution in [0.1, 0.15) is 28.9 Å². The summed E-state index contributed by atoms with van der Waals surface area (Å²) in [6, 6.07) is 3.55. The third kappa shape index (κ3) is 4.69. The number of hydrogen-bond acceptors (Lipinski definition) is 11. The summed E-state index contributed by atoms with van der Waals surface area (Å²) in [6.45, 7) is 1.04. The molecule has 0 radical (unpaired) electrons. The fraction of sp³-hybridized carbons (Fsp3) is 0.350. The average molecular weight is 455 g/mol. The van der Waals surface area contributed by atoms with Gasteiger partial charge >= 0.3 is 5.97 Å². The molecule has 12 heteroatoms. The van der Waals surface area contributed by atoms with E-state index in [1.165, 1.54) is 18.9 Å². The molecule has 1 aliphatic rings. The molecule has 3 aromatic heterocycles. The second-order valence-electron chi connectivity index (χ2n) is 7.26. The second-order valence-corrected chi connectivity index (χ2v) is 8.26. The molecule has 4 rings (SSSR count). The monoisotopic (exact) mass is 454 g/mol. The van der Waals surface area contributed by atoms with E-state index in [9.17, 15) is 9.59 Å². The zero-order chi connectivity index (χ0) is 22.7. The number of nitrogen functional groups attached to an aromatic ring is 2. The molecule has 1 amide bonds. The van der Waals surface area contributed by atoms with E-state index in [0.717, 1.165) is 5.03 Å². The van der Waals surface area contributed by atoms with Crippen molar-refractivity contribution < 1.29 is 14.3 Å². The molecule has 0 unspecified atom stereocenters. The molecular weight excluding hydrogens is 432 g/mol. The van der Waals surface area contributed by atoms with Crippen molar-refractivity contribution in [2.45, 2.75) is 23.6 Å². The van der Waals surface area contributed by atoms with E-state index in [2.05, 4.69) is 24.9 Å². The fourth-order valence-corrected chi connectivity index (χ4v) is 4.19. The lowest BCUT2D eigenvalue weighted by molar-refractivity contribution is -0.146. The van der Waals surface area contributed by atoms with Crippen molar-refractivity contribution in [1.82, 2.24) is 29.8 Å². The number of fused-ring (bicyclic) bond motifs is 1. The summed E-state index contributed by atoms with van der Waals surface area (Å²) in [4.78, 5) is 47.1. The molecule has 11 nitrogen and oxygen atoms in total. The zero-order valence-corrected chi connectivity index (χ0v) is 18.2. The number of likely N-dealkylation sites (tertiary alicyclic amines) is 1. The minimum absolute atomic E-state index is 0.0538. The Labute approximate surface area is 188 Å². The number of esters is 1. The number of carbonyl (C=O) groups excluding carboxylic acids is 2. The molecule has 166 valence electrons. The first kappa shape index (κ1) is 21.7. The topological polar surface area (TPSA) is 163 Å². The maximum atomic E-state index is 12.7. The van der Waals surface area contributed by atoms with Gasteiger partial charge in [0.05, 0.1) is 35.5 Å². The van der Waals surface area contributed by atoms with Gasteiger partial charge in [0.1, 0.15) is 0 Å². The molecule has 0 aliphatic carbocycles. The van der Waals surface area contributed by atoms with Crippen LogP contribution in [0.2, 0.25) is 0 Å². The summed E-state index contributed by atoms with van der Waals surface area (Å²) < 4.78 is 4.79. The molecule has 1 fully saturated rings. The molecule has 0 saturated carbocycles. The number of piperidine rings is 1. The fourth-order valence-electron chi connectivity index (χ4n) is 3.46. The summed E-state index contributed by atoms with van der Waals surface area (Å²) in [7, 11) is 1.39. The van der Waals surface area contributed by atoms with Crippen molar-refractivity contribution in [3.63, 3.8) is 0 Å². The van der Waals surface area contributed by atoms with Gasteiger partial charge in [-0.25, -0.2) is 15.0 Å². The van der Waals surface area contributed by atoms with Gasteiger partial charge in [-0.05, 0) is 25.0 Å². The van der Waals surface area contributed by atoms with Crippen molar-refractivity contribution in [1.29, 1.82) is 0 Å². The van der Waals surface area contributed by atoms with Gasteiger partial charge in [0, 0.05) is 25.0 Å². The number of rotatable bonds is 5. The minimum Gasteiger partial charge on any atom is -0.469 e. The van der Waals surface area contributed by atoms with Crippen LogP contribution in [0.25, 0.3) is 11.2 Å². The molecule has 0 atom stereocenters. The highest BCUT2D eigenvalue weighted by Gasteiger charge is 2.28. The smallest absolute Gasteiger partial charge is 0.308 e. The summed E-state index contributed by atoms with van der Waals surface area (Å²) in [5, 5.41) is 0.745. The first-order chi connectivity index (χ1) is 15.4. The van der Waals surface area contributed by atoms with Crippen molar-refractivity contribution in [3.8, 4) is 0 Å². The van der Waals surface area contributed by atoms with Gasteiger partial charge in [0.25, 0.3) is 5.91 Å². The van der Waals surface area contributed by atoms with Crippen LogP contribution in [0.5, 0.6) is 0 Å². The SMILES string of the molecule is COC(=O)C1CCN(C(=O)c2ccc(SCc3cnc4nc(N)nc(N)c4n3)nc2)CC1. The van der Waals surface area contributed by atoms with Gasteiger partial charge in [0.15, 0.2) is 17.0 Å². The van der Waals surface area contributed by atoms with Crippen molar-refractivity contribution in [2.24, 2.45) is 5.92 Å². The van der Waals surface area contributed by atoms with Gasteiger partial charge in [0.2, 0.25) is 5.95 Å². The first-order valence-corrected chi connectivity index (χ1v) is 10.9. The number of anilines is 2. The third-order valence-electron chi connectivity index (χ3n) is 5.17. The van der Waals surface area contributed by atoms with Gasteiger partial charge < -0.3 is 21.1 Å². The Kier molecular flexibility index (Phi) is 6.30. The van der Waals surface area contributed by atoms with Crippen LogP contribution in [-0.2, 0) is 15.3 Å². The number of nitrogens with zero attached hydrogens (tertiary/aromatic N) is 6. The van der Waals surface area contributed by atoms with Crippen LogP contribution in [0.4, 0.5) is 11.8 Å². The van der Waals surface area contributed by atoms with E-state index >= 15 is 0 Å². The van der Waals surface area contributed by atoms with E-state index in [-0.39, 0.29) is 29.6 Å². The molecular formula is C20H22N8O3S. The molecule has 32 heavy (non-hydrogen) atoms. The van der Waals surface area contributed by atoms with Crippen LogP contribution >= 0.6 is 11.8 Å². The van der Waals surface area contributed by atoms with Crippen LogP contribution in [0, 0.1) is 5.92 Å².